The van der Waals surface area contributed by atoms with Gasteiger partial charge in [0.15, 0.2) is 4.90 Å². The zero-order chi connectivity index (χ0) is 30.3. The summed E-state index contributed by atoms with van der Waals surface area (Å²) in [5, 5.41) is 2.96. The van der Waals surface area contributed by atoms with Crippen molar-refractivity contribution in [2.75, 3.05) is 18.8 Å². The third-order valence-electron chi connectivity index (χ3n) is 8.23. The van der Waals surface area contributed by atoms with Gasteiger partial charge in [0.2, 0.25) is 10.2 Å². The minimum absolute atomic E-state index is 0.00507. The maximum atomic E-state index is 13.1. The van der Waals surface area contributed by atoms with E-state index in [4.69, 9.17) is 4.74 Å². The van der Waals surface area contributed by atoms with Crippen molar-refractivity contribution in [2.24, 2.45) is 0 Å². The second-order valence-corrected chi connectivity index (χ2v) is 14.4. The number of piperidine rings is 1. The highest BCUT2D eigenvalue weighted by atomic mass is 32.3. The van der Waals surface area contributed by atoms with Crippen molar-refractivity contribution in [1.29, 1.82) is 0 Å². The fourth-order valence-electron chi connectivity index (χ4n) is 5.77. The van der Waals surface area contributed by atoms with E-state index < -0.39 is 27.7 Å². The van der Waals surface area contributed by atoms with E-state index in [1.165, 1.54) is 23.6 Å². The predicted octanol–water partition coefficient (Wildman–Crippen LogP) is 6.46. The van der Waals surface area contributed by atoms with Crippen LogP contribution in [0.2, 0.25) is 0 Å². The molecule has 0 saturated carbocycles. The molecular formula is C30H35F3N3O4S2+. The van der Waals surface area contributed by atoms with Gasteiger partial charge in [-0.25, -0.2) is 0 Å². The smallest absolute Gasteiger partial charge is 0.366 e. The Hall–Kier alpha value is -2.64. The van der Waals surface area contributed by atoms with Crippen LogP contribution in [0.3, 0.4) is 0 Å². The fourth-order valence-corrected chi connectivity index (χ4v) is 7.96. The number of carbonyl (C=O) groups excluding carboxylic acids is 1. The van der Waals surface area contributed by atoms with E-state index >= 15 is 0 Å². The molecule has 42 heavy (non-hydrogen) atoms. The van der Waals surface area contributed by atoms with Crippen molar-refractivity contribution >= 4 is 27.5 Å². The molecule has 5 rings (SSSR count). The molecule has 1 fully saturated rings. The van der Waals surface area contributed by atoms with E-state index in [2.05, 4.69) is 15.2 Å². The van der Waals surface area contributed by atoms with Crippen molar-refractivity contribution in [1.82, 2.24) is 15.2 Å². The molecule has 2 aromatic heterocycles. The van der Waals surface area contributed by atoms with Gasteiger partial charge >= 0.3 is 6.18 Å². The second-order valence-electron chi connectivity index (χ2n) is 11.0. The molecule has 1 spiro atoms. The first-order valence-electron chi connectivity index (χ1n) is 14.0. The summed E-state index contributed by atoms with van der Waals surface area (Å²) in [5.41, 5.74) is 1.29. The van der Waals surface area contributed by atoms with Crippen LogP contribution in [0.15, 0.2) is 53.6 Å². The van der Waals surface area contributed by atoms with Gasteiger partial charge in [-0.2, -0.15) is 17.7 Å². The summed E-state index contributed by atoms with van der Waals surface area (Å²) in [4.78, 5) is 21.1. The molecule has 2 aliphatic heterocycles. The topological polar surface area (TPSA) is 91.8 Å². The van der Waals surface area contributed by atoms with Crippen LogP contribution < -0.4 is 5.32 Å². The van der Waals surface area contributed by atoms with E-state index in [-0.39, 0.29) is 23.8 Å². The van der Waals surface area contributed by atoms with E-state index in [1.807, 2.05) is 19.9 Å². The standard InChI is InChI=1S/C30H34F3N3O4S2/c1-4-42(38,39)24-8-5-21(6-9-24)17-35-28(37)25-16-23-15-19(2)40-29(27(23)41-25)11-13-36(14-12-29)20(3)22-7-10-26(34-18-22)30(31,32)33/h5-10,16,18-20H,4,11-15,17H2,1-3H3,(H-,35,37,38,39)/p+1. The number of alkyl halides is 3. The van der Waals surface area contributed by atoms with Gasteiger partial charge in [0.05, 0.1) is 11.0 Å². The SMILES string of the molecule is CC[S+](=O)(O)c1ccc(CNC(=O)c2cc3c(s2)C2(CCN(C(C)c4ccc(C(F)(F)F)nc4)CC2)OC(C)C3)cc1. The Morgan fingerprint density at radius 3 is 2.52 bits per heavy atom. The van der Waals surface area contributed by atoms with Gasteiger partial charge in [0, 0.05) is 36.8 Å². The van der Waals surface area contributed by atoms with Crippen LogP contribution in [-0.4, -0.2) is 45.3 Å². The summed E-state index contributed by atoms with van der Waals surface area (Å²) in [5.74, 6) is -0.0365. The van der Waals surface area contributed by atoms with Gasteiger partial charge in [0.25, 0.3) is 5.91 Å². The largest absolute Gasteiger partial charge is 0.433 e. The molecule has 12 heteroatoms. The first-order chi connectivity index (χ1) is 19.8. The number of carbonyl (C=O) groups is 1. The second kappa shape index (κ2) is 11.8. The molecular weight excluding hydrogens is 587 g/mol. The van der Waals surface area contributed by atoms with E-state index in [1.54, 1.807) is 31.2 Å². The summed E-state index contributed by atoms with van der Waals surface area (Å²) >= 11 is 1.46. The van der Waals surface area contributed by atoms with Crippen LogP contribution in [0.5, 0.6) is 0 Å². The molecule has 1 saturated heterocycles. The number of halogens is 3. The Morgan fingerprint density at radius 1 is 1.24 bits per heavy atom. The average molecular weight is 623 g/mol. The van der Waals surface area contributed by atoms with Gasteiger partial charge in [-0.1, -0.05) is 22.4 Å². The van der Waals surface area contributed by atoms with Crippen molar-refractivity contribution in [3.05, 3.63) is 80.8 Å². The molecule has 2 N–H and O–H groups in total. The number of thiophene rings is 1. The lowest BCUT2D eigenvalue weighted by atomic mass is 9.83. The number of nitrogens with one attached hydrogen (secondary N) is 1. The molecule has 3 aromatic rings. The molecule has 226 valence electrons. The van der Waals surface area contributed by atoms with E-state index in [0.717, 1.165) is 34.1 Å². The Kier molecular flexibility index (Phi) is 8.66. The van der Waals surface area contributed by atoms with Crippen molar-refractivity contribution < 1.29 is 31.5 Å². The molecule has 1 aromatic carbocycles. The number of hydrogen-bond donors (Lipinski definition) is 2. The van der Waals surface area contributed by atoms with Gasteiger partial charge in [-0.15, -0.1) is 11.3 Å². The van der Waals surface area contributed by atoms with E-state index in [9.17, 15) is 26.7 Å². The third-order valence-corrected chi connectivity index (χ3v) is 11.4. The molecule has 4 heterocycles. The number of likely N-dealkylation sites (tertiary alicyclic amines) is 1. The maximum absolute atomic E-state index is 13.1. The summed E-state index contributed by atoms with van der Waals surface area (Å²) in [6.07, 6.45) is -1.02. The number of amides is 1. The Morgan fingerprint density at radius 2 is 1.93 bits per heavy atom. The zero-order valence-corrected chi connectivity index (χ0v) is 25.4. The Bertz CT molecular complexity index is 1470. The molecule has 0 aliphatic carbocycles. The summed E-state index contributed by atoms with van der Waals surface area (Å²) in [7, 11) is -3.03. The van der Waals surface area contributed by atoms with Gasteiger partial charge in [-0.05, 0) is 81.0 Å². The van der Waals surface area contributed by atoms with Gasteiger partial charge < -0.3 is 10.1 Å². The first kappa shape index (κ1) is 30.8. The van der Waals surface area contributed by atoms with Crippen LogP contribution in [0.1, 0.15) is 76.6 Å². The van der Waals surface area contributed by atoms with Gasteiger partial charge in [-0.3, -0.25) is 14.7 Å². The minimum Gasteiger partial charge on any atom is -0.366 e. The lowest BCUT2D eigenvalue weighted by Gasteiger charge is -2.47. The number of pyridine rings is 1. The van der Waals surface area contributed by atoms with Crippen molar-refractivity contribution in [2.45, 2.75) is 75.4 Å². The summed E-state index contributed by atoms with van der Waals surface area (Å²) in [6.45, 7) is 7.37. The highest BCUT2D eigenvalue weighted by Gasteiger charge is 2.45. The first-order valence-corrected chi connectivity index (χ1v) is 16.5. The monoisotopic (exact) mass is 622 g/mol. The minimum atomic E-state index is -4.46. The molecule has 2 aliphatic rings. The summed E-state index contributed by atoms with van der Waals surface area (Å²) < 4.78 is 67.5. The zero-order valence-electron chi connectivity index (χ0n) is 23.7. The van der Waals surface area contributed by atoms with Crippen molar-refractivity contribution in [3.8, 4) is 0 Å². The lowest BCUT2D eigenvalue weighted by molar-refractivity contribution is -0.141. The quantitative estimate of drug-likeness (QED) is 0.294. The fraction of sp³-hybridized carbons (Fsp3) is 0.467. The molecule has 3 atom stereocenters. The molecule has 3 unspecified atom stereocenters. The Labute approximate surface area is 248 Å². The highest BCUT2D eigenvalue weighted by molar-refractivity contribution is 7.97. The van der Waals surface area contributed by atoms with Crippen LogP contribution in [0.4, 0.5) is 13.2 Å². The molecule has 0 radical (unpaired) electrons. The number of fused-ring (bicyclic) bond motifs is 2. The van der Waals surface area contributed by atoms with Crippen LogP contribution in [0, 0.1) is 0 Å². The number of nitrogens with zero attached hydrogens (tertiary/aromatic N) is 2. The van der Waals surface area contributed by atoms with E-state index in [0.29, 0.717) is 42.2 Å². The number of hydrogen-bond acceptors (Lipinski definition) is 6. The van der Waals surface area contributed by atoms with Crippen LogP contribution in [-0.2, 0) is 43.9 Å². The Balaban J connectivity index is 1.25. The number of ether oxygens (including phenoxy) is 1. The number of aromatic nitrogens is 1. The summed E-state index contributed by atoms with van der Waals surface area (Å²) in [6, 6.07) is 11.1. The normalized spacial score (nSPS) is 21.0. The molecule has 1 amide bonds. The maximum Gasteiger partial charge on any atom is 0.433 e. The van der Waals surface area contributed by atoms with Crippen LogP contribution >= 0.6 is 11.3 Å². The van der Waals surface area contributed by atoms with Gasteiger partial charge in [0.1, 0.15) is 17.0 Å². The predicted molar refractivity (Wildman–Crippen MR) is 156 cm³/mol. The number of benzene rings is 1. The third kappa shape index (κ3) is 6.33. The number of rotatable bonds is 7. The molecule has 7 nitrogen and oxygen atoms in total. The van der Waals surface area contributed by atoms with Crippen molar-refractivity contribution in [3.63, 3.8) is 0 Å². The molecule has 0 bridgehead atoms. The highest BCUT2D eigenvalue weighted by Crippen LogP contribution is 2.48. The van der Waals surface area contributed by atoms with Crippen LogP contribution in [0.25, 0.3) is 0 Å². The average Bonchev–Trinajstić information content (AvgIpc) is 3.41. The lowest BCUT2D eigenvalue weighted by Crippen LogP contribution is -2.48.